The summed E-state index contributed by atoms with van der Waals surface area (Å²) < 4.78 is 2.33. The number of pyridine rings is 1. The molecule has 3 aromatic carbocycles. The zero-order valence-electron chi connectivity index (χ0n) is 19.7. The molecule has 0 saturated carbocycles. The zero-order valence-corrected chi connectivity index (χ0v) is 19.7. The van der Waals surface area contributed by atoms with Gasteiger partial charge in [-0.1, -0.05) is 42.5 Å². The van der Waals surface area contributed by atoms with E-state index in [2.05, 4.69) is 75.1 Å². The number of aromatic nitrogens is 3. The molecule has 2 aromatic heterocycles. The predicted octanol–water partition coefficient (Wildman–Crippen LogP) is 5.61. The Hall–Kier alpha value is -4.01. The van der Waals surface area contributed by atoms with Crippen LogP contribution in [-0.4, -0.2) is 39.1 Å². The monoisotopic (exact) mass is 457 g/mol. The number of hydrogen-bond acceptors (Lipinski definition) is 4. The number of rotatable bonds is 5. The summed E-state index contributed by atoms with van der Waals surface area (Å²) in [6.07, 6.45) is 6.84. The van der Waals surface area contributed by atoms with E-state index >= 15 is 0 Å². The Bertz CT molecular complexity index is 1560. The predicted molar refractivity (Wildman–Crippen MR) is 140 cm³/mol. The third-order valence-corrected chi connectivity index (χ3v) is 7.14. The molecular weight excluding hydrogens is 430 g/mol. The van der Waals surface area contributed by atoms with Gasteiger partial charge in [0, 0.05) is 31.4 Å². The first kappa shape index (κ1) is 21.5. The Labute approximate surface area is 205 Å². The van der Waals surface area contributed by atoms with Crippen LogP contribution in [0.3, 0.4) is 0 Å². The van der Waals surface area contributed by atoms with Crippen LogP contribution < -0.4 is 0 Å². The molecule has 0 spiro atoms. The van der Waals surface area contributed by atoms with Gasteiger partial charge in [0.25, 0.3) is 0 Å². The molecule has 0 aliphatic carbocycles. The van der Waals surface area contributed by atoms with E-state index in [-0.39, 0.29) is 0 Å². The minimum atomic E-state index is 0.763. The molecule has 0 N–H and O–H groups in total. The summed E-state index contributed by atoms with van der Waals surface area (Å²) in [4.78, 5) is 11.9. The van der Waals surface area contributed by atoms with Gasteiger partial charge in [-0.3, -0.25) is 4.98 Å². The van der Waals surface area contributed by atoms with Crippen molar-refractivity contribution < 1.29 is 0 Å². The van der Waals surface area contributed by atoms with Crippen molar-refractivity contribution in [2.24, 2.45) is 0 Å². The molecule has 0 fully saturated rings. The summed E-state index contributed by atoms with van der Waals surface area (Å²) in [5.74, 6) is 1.01. The summed E-state index contributed by atoms with van der Waals surface area (Å²) in [6.45, 7) is 4.02. The smallest absolute Gasteiger partial charge is 0.141 e. The second kappa shape index (κ2) is 9.32. The van der Waals surface area contributed by atoms with E-state index in [9.17, 15) is 5.26 Å². The average molecular weight is 458 g/mol. The Kier molecular flexibility index (Phi) is 5.73. The highest BCUT2D eigenvalue weighted by Crippen LogP contribution is 2.28. The van der Waals surface area contributed by atoms with E-state index in [4.69, 9.17) is 4.98 Å². The first-order chi connectivity index (χ1) is 17.3. The van der Waals surface area contributed by atoms with E-state index in [1.54, 1.807) is 0 Å². The molecular formula is C30H27N5. The molecule has 172 valence electrons. The number of nitriles is 1. The van der Waals surface area contributed by atoms with Gasteiger partial charge in [-0.2, -0.15) is 5.26 Å². The first-order valence-electron chi connectivity index (χ1n) is 12.3. The van der Waals surface area contributed by atoms with Crippen LogP contribution in [0, 0.1) is 11.3 Å². The van der Waals surface area contributed by atoms with Gasteiger partial charge in [0.05, 0.1) is 28.9 Å². The van der Waals surface area contributed by atoms with Crippen molar-refractivity contribution in [3.8, 4) is 17.5 Å². The van der Waals surface area contributed by atoms with E-state index in [1.165, 1.54) is 21.9 Å². The fourth-order valence-corrected chi connectivity index (χ4v) is 5.26. The Balaban J connectivity index is 1.21. The van der Waals surface area contributed by atoms with Gasteiger partial charge < -0.3 is 9.47 Å². The van der Waals surface area contributed by atoms with Crippen LogP contribution in [0.5, 0.6) is 0 Å². The molecule has 0 radical (unpaired) electrons. The molecule has 1 aliphatic rings. The Morgan fingerprint density at radius 1 is 0.857 bits per heavy atom. The molecule has 3 heterocycles. The molecule has 5 heteroatoms. The summed E-state index contributed by atoms with van der Waals surface area (Å²) in [6, 6.07) is 25.5. The fraction of sp³-hybridized carbons (Fsp3) is 0.233. The van der Waals surface area contributed by atoms with Gasteiger partial charge >= 0.3 is 0 Å². The Morgan fingerprint density at radius 2 is 1.71 bits per heavy atom. The lowest BCUT2D eigenvalue weighted by atomic mass is 10.0. The van der Waals surface area contributed by atoms with E-state index in [0.29, 0.717) is 0 Å². The molecule has 0 atom stereocenters. The molecule has 0 unspecified atom stereocenters. The molecule has 1 aliphatic heterocycles. The van der Waals surface area contributed by atoms with E-state index < -0.39 is 0 Å². The molecule has 0 bridgehead atoms. The van der Waals surface area contributed by atoms with E-state index in [0.717, 1.165) is 73.4 Å². The van der Waals surface area contributed by atoms with Gasteiger partial charge in [-0.15, -0.1) is 0 Å². The quantitative estimate of drug-likeness (QED) is 0.344. The second-order valence-electron chi connectivity index (χ2n) is 9.30. The Morgan fingerprint density at radius 3 is 2.60 bits per heavy atom. The van der Waals surface area contributed by atoms with Gasteiger partial charge in [-0.25, -0.2) is 4.98 Å². The van der Waals surface area contributed by atoms with Crippen molar-refractivity contribution >= 4 is 21.8 Å². The van der Waals surface area contributed by atoms with Crippen LogP contribution in [-0.2, 0) is 19.4 Å². The highest BCUT2D eigenvalue weighted by atomic mass is 15.1. The molecule has 6 rings (SSSR count). The number of nitrogens with zero attached hydrogens (tertiary/aromatic N) is 5. The minimum Gasteiger partial charge on any atom is -0.323 e. The number of fused-ring (bicyclic) bond motifs is 3. The standard InChI is InChI=1S/C30H27N5/c31-20-22-6-7-24-11-16-34(17-12-26(24)18-22)14-3-15-35-29-21-32-13-10-28(29)33-30(35)27-9-8-23-4-1-2-5-25(23)19-27/h1-2,4-10,13,18-19,21H,3,11-12,14-17H2. The highest BCUT2D eigenvalue weighted by Gasteiger charge is 2.16. The molecule has 0 saturated heterocycles. The normalized spacial score (nSPS) is 14.0. The van der Waals surface area contributed by atoms with Crippen LogP contribution in [0.25, 0.3) is 33.2 Å². The lowest BCUT2D eigenvalue weighted by Gasteiger charge is -2.20. The third kappa shape index (κ3) is 4.29. The largest absolute Gasteiger partial charge is 0.323 e. The second-order valence-corrected chi connectivity index (χ2v) is 9.30. The van der Waals surface area contributed by atoms with Crippen LogP contribution in [0.4, 0.5) is 0 Å². The number of imidazole rings is 1. The SMILES string of the molecule is N#Cc1ccc2c(c1)CCN(CCCn1c(-c3ccc4ccccc4c3)nc3ccncc31)CC2. The highest BCUT2D eigenvalue weighted by molar-refractivity contribution is 5.88. The topological polar surface area (TPSA) is 57.7 Å². The lowest BCUT2D eigenvalue weighted by molar-refractivity contribution is 0.278. The van der Waals surface area contributed by atoms with Crippen molar-refractivity contribution in [3.05, 3.63) is 95.8 Å². The van der Waals surface area contributed by atoms with Gasteiger partial charge in [0.1, 0.15) is 5.82 Å². The molecule has 35 heavy (non-hydrogen) atoms. The third-order valence-electron chi connectivity index (χ3n) is 7.14. The fourth-order valence-electron chi connectivity index (χ4n) is 5.26. The van der Waals surface area contributed by atoms with Crippen molar-refractivity contribution in [2.75, 3.05) is 19.6 Å². The summed E-state index contributed by atoms with van der Waals surface area (Å²) in [7, 11) is 0. The van der Waals surface area contributed by atoms with Crippen LogP contribution >= 0.6 is 0 Å². The maximum Gasteiger partial charge on any atom is 0.141 e. The molecule has 5 aromatic rings. The van der Waals surface area contributed by atoms with Crippen LogP contribution in [0.1, 0.15) is 23.1 Å². The zero-order chi connectivity index (χ0) is 23.6. The van der Waals surface area contributed by atoms with Crippen LogP contribution in [0.15, 0.2) is 79.1 Å². The maximum absolute atomic E-state index is 9.23. The van der Waals surface area contributed by atoms with Gasteiger partial charge in [-0.05, 0) is 72.0 Å². The molecule has 0 amide bonds. The lowest BCUT2D eigenvalue weighted by Crippen LogP contribution is -2.28. The van der Waals surface area contributed by atoms with Gasteiger partial charge in [0.2, 0.25) is 0 Å². The van der Waals surface area contributed by atoms with E-state index in [1.807, 2.05) is 24.5 Å². The maximum atomic E-state index is 9.23. The minimum absolute atomic E-state index is 0.763. The first-order valence-corrected chi connectivity index (χ1v) is 12.3. The van der Waals surface area contributed by atoms with Crippen molar-refractivity contribution in [1.29, 1.82) is 5.26 Å². The summed E-state index contributed by atoms with van der Waals surface area (Å²) in [5.41, 5.74) is 6.69. The summed E-state index contributed by atoms with van der Waals surface area (Å²) >= 11 is 0. The number of benzene rings is 3. The number of hydrogen-bond donors (Lipinski definition) is 0. The van der Waals surface area contributed by atoms with Gasteiger partial charge in [0.15, 0.2) is 0 Å². The van der Waals surface area contributed by atoms with Crippen molar-refractivity contribution in [2.45, 2.75) is 25.8 Å². The molecule has 5 nitrogen and oxygen atoms in total. The average Bonchev–Trinajstić information content (AvgIpc) is 3.15. The van der Waals surface area contributed by atoms with Crippen LogP contribution in [0.2, 0.25) is 0 Å². The summed E-state index contributed by atoms with van der Waals surface area (Å²) in [5, 5.41) is 11.7. The van der Waals surface area contributed by atoms with Crippen molar-refractivity contribution in [3.63, 3.8) is 0 Å². The number of aryl methyl sites for hydroxylation is 1. The van der Waals surface area contributed by atoms with Crippen molar-refractivity contribution in [1.82, 2.24) is 19.4 Å².